The molecule has 0 spiro atoms. The zero-order valence-electron chi connectivity index (χ0n) is 9.15. The fourth-order valence-electron chi connectivity index (χ4n) is 1.32. The molecule has 1 aromatic rings. The van der Waals surface area contributed by atoms with E-state index in [1.165, 1.54) is 11.3 Å². The van der Waals surface area contributed by atoms with E-state index in [1.807, 2.05) is 24.6 Å². The number of carbonyl (C=O) groups is 1. The fourth-order valence-corrected chi connectivity index (χ4v) is 2.14. The number of nitriles is 1. The number of carbonyl (C=O) groups excluding carboxylic acids is 1. The van der Waals surface area contributed by atoms with Gasteiger partial charge in [0.1, 0.15) is 0 Å². The standard InChI is InChI=1S/C11H14N2OS/c1-8(4-12)5-13(3)11(14)10-7-15-6-9(10)2/h6-8H,5H2,1-3H3. The number of nitrogens with zero attached hydrogens (tertiary/aromatic N) is 2. The monoisotopic (exact) mass is 222 g/mol. The molecule has 0 N–H and O–H groups in total. The summed E-state index contributed by atoms with van der Waals surface area (Å²) in [4.78, 5) is 13.5. The molecule has 1 atom stereocenters. The molecule has 0 saturated heterocycles. The summed E-state index contributed by atoms with van der Waals surface area (Å²) >= 11 is 1.52. The first kappa shape index (κ1) is 11.7. The quantitative estimate of drug-likeness (QED) is 0.787. The van der Waals surface area contributed by atoms with Crippen molar-refractivity contribution < 1.29 is 4.79 Å². The maximum absolute atomic E-state index is 11.9. The third-order valence-electron chi connectivity index (χ3n) is 2.20. The van der Waals surface area contributed by atoms with Crippen LogP contribution in [0.4, 0.5) is 0 Å². The van der Waals surface area contributed by atoms with Crippen LogP contribution in [-0.4, -0.2) is 24.4 Å². The lowest BCUT2D eigenvalue weighted by molar-refractivity contribution is 0.0785. The molecule has 0 aliphatic heterocycles. The van der Waals surface area contributed by atoms with E-state index in [0.717, 1.165) is 11.1 Å². The lowest BCUT2D eigenvalue weighted by atomic mass is 10.1. The molecule has 0 radical (unpaired) electrons. The molecule has 1 rings (SSSR count). The molecule has 3 nitrogen and oxygen atoms in total. The SMILES string of the molecule is Cc1cscc1C(=O)N(C)CC(C)C#N. The minimum Gasteiger partial charge on any atom is -0.340 e. The maximum Gasteiger partial charge on any atom is 0.254 e. The van der Waals surface area contributed by atoms with Gasteiger partial charge in [-0.1, -0.05) is 0 Å². The van der Waals surface area contributed by atoms with Crippen molar-refractivity contribution in [3.8, 4) is 6.07 Å². The molecule has 0 aliphatic rings. The van der Waals surface area contributed by atoms with E-state index in [9.17, 15) is 4.79 Å². The van der Waals surface area contributed by atoms with E-state index < -0.39 is 0 Å². The molecule has 0 aliphatic carbocycles. The number of thiophene rings is 1. The Morgan fingerprint density at radius 2 is 2.33 bits per heavy atom. The Labute approximate surface area is 93.9 Å². The van der Waals surface area contributed by atoms with Gasteiger partial charge in [0.15, 0.2) is 0 Å². The Morgan fingerprint density at radius 1 is 1.67 bits per heavy atom. The van der Waals surface area contributed by atoms with Crippen LogP contribution in [0.2, 0.25) is 0 Å². The summed E-state index contributed by atoms with van der Waals surface area (Å²) in [5.74, 6) is -0.131. The number of aryl methyl sites for hydroxylation is 1. The highest BCUT2D eigenvalue weighted by molar-refractivity contribution is 7.08. The van der Waals surface area contributed by atoms with Crippen LogP contribution in [0.5, 0.6) is 0 Å². The van der Waals surface area contributed by atoms with E-state index in [-0.39, 0.29) is 11.8 Å². The molecule has 1 aromatic heterocycles. The van der Waals surface area contributed by atoms with Crippen molar-refractivity contribution in [2.45, 2.75) is 13.8 Å². The Kier molecular flexibility index (Phi) is 3.87. The van der Waals surface area contributed by atoms with Crippen LogP contribution < -0.4 is 0 Å². The first-order valence-corrected chi connectivity index (χ1v) is 5.68. The molecule has 15 heavy (non-hydrogen) atoms. The molecule has 0 bridgehead atoms. The second kappa shape index (κ2) is 4.94. The van der Waals surface area contributed by atoms with Crippen molar-refractivity contribution in [3.05, 3.63) is 21.9 Å². The van der Waals surface area contributed by atoms with Crippen LogP contribution in [0.15, 0.2) is 10.8 Å². The van der Waals surface area contributed by atoms with E-state index in [4.69, 9.17) is 5.26 Å². The first-order chi connectivity index (χ1) is 7.06. The van der Waals surface area contributed by atoms with Gasteiger partial charge in [-0.25, -0.2) is 0 Å². The van der Waals surface area contributed by atoms with Crippen LogP contribution >= 0.6 is 11.3 Å². The Balaban J connectivity index is 2.70. The van der Waals surface area contributed by atoms with Crippen LogP contribution in [0.25, 0.3) is 0 Å². The second-order valence-corrected chi connectivity index (χ2v) is 4.43. The normalized spacial score (nSPS) is 11.9. The molecule has 0 aromatic carbocycles. The number of amides is 1. The number of rotatable bonds is 3. The van der Waals surface area contributed by atoms with E-state index >= 15 is 0 Å². The Hall–Kier alpha value is -1.34. The average molecular weight is 222 g/mol. The van der Waals surface area contributed by atoms with E-state index in [1.54, 1.807) is 11.9 Å². The summed E-state index contributed by atoms with van der Waals surface area (Å²) in [5, 5.41) is 12.5. The summed E-state index contributed by atoms with van der Waals surface area (Å²) in [6.45, 7) is 4.21. The van der Waals surface area contributed by atoms with Gasteiger partial charge in [-0.3, -0.25) is 4.79 Å². The topological polar surface area (TPSA) is 44.1 Å². The van der Waals surface area contributed by atoms with Gasteiger partial charge in [0.2, 0.25) is 0 Å². The van der Waals surface area contributed by atoms with Crippen molar-refractivity contribution in [3.63, 3.8) is 0 Å². The van der Waals surface area contributed by atoms with E-state index in [2.05, 4.69) is 6.07 Å². The van der Waals surface area contributed by atoms with Gasteiger partial charge in [-0.05, 0) is 24.8 Å². The molecular formula is C11H14N2OS. The predicted octanol–water partition coefficient (Wildman–Crippen LogP) is 2.29. The highest BCUT2D eigenvalue weighted by Gasteiger charge is 2.16. The fraction of sp³-hybridized carbons (Fsp3) is 0.455. The van der Waals surface area contributed by atoms with Crippen molar-refractivity contribution in [1.82, 2.24) is 4.90 Å². The molecule has 0 saturated carbocycles. The van der Waals surface area contributed by atoms with Crippen molar-refractivity contribution in [2.75, 3.05) is 13.6 Å². The van der Waals surface area contributed by atoms with Crippen LogP contribution in [0.3, 0.4) is 0 Å². The van der Waals surface area contributed by atoms with Gasteiger partial charge < -0.3 is 4.90 Å². The third-order valence-corrected chi connectivity index (χ3v) is 3.06. The minimum atomic E-state index is -0.127. The summed E-state index contributed by atoms with van der Waals surface area (Å²) in [6.07, 6.45) is 0. The summed E-state index contributed by atoms with van der Waals surface area (Å²) in [5.41, 5.74) is 1.74. The Morgan fingerprint density at radius 3 is 2.80 bits per heavy atom. The first-order valence-electron chi connectivity index (χ1n) is 4.74. The zero-order chi connectivity index (χ0) is 11.4. The van der Waals surface area contributed by atoms with Crippen LogP contribution in [-0.2, 0) is 0 Å². The molecule has 1 heterocycles. The molecule has 4 heteroatoms. The average Bonchev–Trinajstić information content (AvgIpc) is 2.63. The molecular weight excluding hydrogens is 208 g/mol. The van der Waals surface area contributed by atoms with Gasteiger partial charge in [0.05, 0.1) is 17.6 Å². The lowest BCUT2D eigenvalue weighted by Crippen LogP contribution is -2.30. The van der Waals surface area contributed by atoms with Gasteiger partial charge in [-0.2, -0.15) is 16.6 Å². The van der Waals surface area contributed by atoms with Crippen molar-refractivity contribution >= 4 is 17.2 Å². The van der Waals surface area contributed by atoms with Crippen LogP contribution in [0.1, 0.15) is 22.8 Å². The minimum absolute atomic E-state index is 0.00384. The smallest absolute Gasteiger partial charge is 0.254 e. The third kappa shape index (κ3) is 2.80. The van der Waals surface area contributed by atoms with Gasteiger partial charge in [0, 0.05) is 19.0 Å². The number of hydrogen-bond acceptors (Lipinski definition) is 3. The maximum atomic E-state index is 11.9. The van der Waals surface area contributed by atoms with Crippen molar-refractivity contribution in [2.24, 2.45) is 5.92 Å². The molecule has 1 unspecified atom stereocenters. The highest BCUT2D eigenvalue weighted by atomic mass is 32.1. The van der Waals surface area contributed by atoms with Crippen LogP contribution in [0, 0.1) is 24.2 Å². The van der Waals surface area contributed by atoms with Crippen molar-refractivity contribution in [1.29, 1.82) is 5.26 Å². The summed E-state index contributed by atoms with van der Waals surface area (Å²) in [7, 11) is 1.73. The predicted molar refractivity (Wildman–Crippen MR) is 60.8 cm³/mol. The molecule has 80 valence electrons. The highest BCUT2D eigenvalue weighted by Crippen LogP contribution is 2.15. The zero-order valence-corrected chi connectivity index (χ0v) is 9.97. The van der Waals surface area contributed by atoms with Gasteiger partial charge in [-0.15, -0.1) is 0 Å². The second-order valence-electron chi connectivity index (χ2n) is 3.68. The lowest BCUT2D eigenvalue weighted by Gasteiger charge is -2.18. The van der Waals surface area contributed by atoms with Gasteiger partial charge in [0.25, 0.3) is 5.91 Å². The largest absolute Gasteiger partial charge is 0.340 e. The molecule has 0 fully saturated rings. The summed E-state index contributed by atoms with van der Waals surface area (Å²) in [6, 6.07) is 2.12. The number of hydrogen-bond donors (Lipinski definition) is 0. The van der Waals surface area contributed by atoms with Gasteiger partial charge >= 0.3 is 0 Å². The molecule has 1 amide bonds. The van der Waals surface area contributed by atoms with E-state index in [0.29, 0.717) is 6.54 Å². The Bertz CT molecular complexity index is 392. The summed E-state index contributed by atoms with van der Waals surface area (Å²) < 4.78 is 0.